The van der Waals surface area contributed by atoms with Gasteiger partial charge in [0.1, 0.15) is 24.1 Å². The van der Waals surface area contributed by atoms with E-state index in [1.54, 1.807) is 30.3 Å². The molecule has 0 saturated heterocycles. The maximum Gasteiger partial charge on any atom is 0.259 e. The van der Waals surface area contributed by atoms with E-state index in [2.05, 4.69) is 15.9 Å². The summed E-state index contributed by atoms with van der Waals surface area (Å²) in [4.78, 5) is 11.2. The van der Waals surface area contributed by atoms with Gasteiger partial charge < -0.3 is 15.2 Å². The summed E-state index contributed by atoms with van der Waals surface area (Å²) in [6, 6.07) is 11.1. The third-order valence-electron chi connectivity index (χ3n) is 3.22. The van der Waals surface area contributed by atoms with E-state index in [1.807, 2.05) is 0 Å². The van der Waals surface area contributed by atoms with Gasteiger partial charge in [-0.05, 0) is 57.4 Å². The highest BCUT2D eigenvalue weighted by atomic mass is 79.9. The standard InChI is InChI=1S/C18H14BrFN2O3/c1-24-16-8-12(5-13(9-21)18(22)23)7-15(19)17(16)25-10-11-3-2-4-14(20)6-11/h2-8H,10H2,1H3,(H2,22,23)/b13-5+. The molecule has 128 valence electrons. The molecule has 25 heavy (non-hydrogen) atoms. The number of benzene rings is 2. The average Bonchev–Trinajstić information content (AvgIpc) is 2.58. The molecule has 0 heterocycles. The fourth-order valence-corrected chi connectivity index (χ4v) is 2.64. The molecular weight excluding hydrogens is 391 g/mol. The number of carbonyl (C=O) groups excluding carboxylic acids is 1. The van der Waals surface area contributed by atoms with Crippen LogP contribution in [0, 0.1) is 17.1 Å². The Morgan fingerprint density at radius 2 is 2.16 bits per heavy atom. The first-order chi connectivity index (χ1) is 11.9. The number of nitrogens with two attached hydrogens (primary N) is 1. The first kappa shape index (κ1) is 18.5. The predicted octanol–water partition coefficient (Wildman–Crippen LogP) is 3.57. The lowest BCUT2D eigenvalue weighted by molar-refractivity contribution is -0.114. The molecule has 2 aromatic carbocycles. The molecule has 0 aromatic heterocycles. The fourth-order valence-electron chi connectivity index (χ4n) is 2.07. The molecule has 0 radical (unpaired) electrons. The largest absolute Gasteiger partial charge is 0.493 e. The van der Waals surface area contributed by atoms with E-state index < -0.39 is 5.91 Å². The number of amides is 1. The van der Waals surface area contributed by atoms with E-state index in [4.69, 9.17) is 20.5 Å². The Morgan fingerprint density at radius 1 is 1.40 bits per heavy atom. The van der Waals surface area contributed by atoms with Gasteiger partial charge in [0.05, 0.1) is 11.6 Å². The normalized spacial score (nSPS) is 10.9. The summed E-state index contributed by atoms with van der Waals surface area (Å²) in [6.07, 6.45) is 1.35. The van der Waals surface area contributed by atoms with Gasteiger partial charge in [-0.2, -0.15) is 5.26 Å². The molecule has 5 nitrogen and oxygen atoms in total. The first-order valence-corrected chi connectivity index (χ1v) is 7.90. The third kappa shape index (κ3) is 4.81. The van der Waals surface area contributed by atoms with Crippen molar-refractivity contribution >= 4 is 27.9 Å². The molecule has 0 fully saturated rings. The lowest BCUT2D eigenvalue weighted by atomic mass is 10.1. The Hall–Kier alpha value is -2.85. The van der Waals surface area contributed by atoms with Crippen LogP contribution in [0.4, 0.5) is 4.39 Å². The van der Waals surface area contributed by atoms with Gasteiger partial charge in [-0.1, -0.05) is 12.1 Å². The zero-order valence-electron chi connectivity index (χ0n) is 13.3. The number of hydrogen-bond acceptors (Lipinski definition) is 4. The van der Waals surface area contributed by atoms with Crippen molar-refractivity contribution in [1.82, 2.24) is 0 Å². The predicted molar refractivity (Wildman–Crippen MR) is 94.2 cm³/mol. The zero-order chi connectivity index (χ0) is 18.4. The Morgan fingerprint density at radius 3 is 2.76 bits per heavy atom. The molecular formula is C18H14BrFN2O3. The van der Waals surface area contributed by atoms with Crippen LogP contribution in [0.15, 0.2) is 46.4 Å². The minimum absolute atomic E-state index is 0.145. The van der Waals surface area contributed by atoms with E-state index in [1.165, 1.54) is 25.3 Å². The number of primary amides is 1. The molecule has 0 saturated carbocycles. The van der Waals surface area contributed by atoms with Crippen molar-refractivity contribution in [3.05, 3.63) is 63.4 Å². The summed E-state index contributed by atoms with van der Waals surface area (Å²) in [7, 11) is 1.46. The van der Waals surface area contributed by atoms with Crippen LogP contribution in [0.1, 0.15) is 11.1 Å². The van der Waals surface area contributed by atoms with Gasteiger partial charge in [0.2, 0.25) is 0 Å². The molecule has 0 atom stereocenters. The lowest BCUT2D eigenvalue weighted by Gasteiger charge is -2.14. The van der Waals surface area contributed by atoms with E-state index in [9.17, 15) is 9.18 Å². The van der Waals surface area contributed by atoms with Crippen LogP contribution in [0.2, 0.25) is 0 Å². The molecule has 0 bridgehead atoms. The van der Waals surface area contributed by atoms with Crippen LogP contribution in [-0.4, -0.2) is 13.0 Å². The van der Waals surface area contributed by atoms with Crippen LogP contribution in [0.25, 0.3) is 6.08 Å². The minimum atomic E-state index is -0.816. The molecule has 0 unspecified atom stereocenters. The molecule has 2 aromatic rings. The number of rotatable bonds is 6. The maximum absolute atomic E-state index is 13.2. The quantitative estimate of drug-likeness (QED) is 0.588. The first-order valence-electron chi connectivity index (χ1n) is 7.11. The Bertz CT molecular complexity index is 875. The van der Waals surface area contributed by atoms with Crippen LogP contribution < -0.4 is 15.2 Å². The van der Waals surface area contributed by atoms with E-state index >= 15 is 0 Å². The summed E-state index contributed by atoms with van der Waals surface area (Å²) >= 11 is 3.37. The third-order valence-corrected chi connectivity index (χ3v) is 3.81. The SMILES string of the molecule is COc1cc(/C=C(\C#N)C(N)=O)cc(Br)c1OCc1cccc(F)c1. The highest BCUT2D eigenvalue weighted by Gasteiger charge is 2.13. The van der Waals surface area contributed by atoms with Gasteiger partial charge in [0.15, 0.2) is 11.5 Å². The highest BCUT2D eigenvalue weighted by molar-refractivity contribution is 9.10. The van der Waals surface area contributed by atoms with Gasteiger partial charge in [0.25, 0.3) is 5.91 Å². The van der Waals surface area contributed by atoms with Gasteiger partial charge in [0, 0.05) is 0 Å². The molecule has 2 N–H and O–H groups in total. The van der Waals surface area contributed by atoms with Gasteiger partial charge in [-0.25, -0.2) is 4.39 Å². The van der Waals surface area contributed by atoms with Gasteiger partial charge >= 0.3 is 0 Å². The molecule has 0 spiro atoms. The van der Waals surface area contributed by atoms with Crippen molar-refractivity contribution in [2.75, 3.05) is 7.11 Å². The number of hydrogen-bond donors (Lipinski definition) is 1. The van der Waals surface area contributed by atoms with Gasteiger partial charge in [-0.3, -0.25) is 4.79 Å². The van der Waals surface area contributed by atoms with Crippen molar-refractivity contribution in [1.29, 1.82) is 5.26 Å². The monoisotopic (exact) mass is 404 g/mol. The molecule has 0 aliphatic rings. The van der Waals surface area contributed by atoms with Crippen LogP contribution in [0.5, 0.6) is 11.5 Å². The summed E-state index contributed by atoms with van der Waals surface area (Å²) in [6.45, 7) is 0.145. The Kier molecular flexibility index (Phi) is 6.14. The summed E-state index contributed by atoms with van der Waals surface area (Å²) in [5.41, 5.74) is 6.16. The second-order valence-electron chi connectivity index (χ2n) is 4.99. The number of ether oxygens (including phenoxy) is 2. The number of nitrogens with zero attached hydrogens (tertiary/aromatic N) is 1. The van der Waals surface area contributed by atoms with Crippen LogP contribution in [-0.2, 0) is 11.4 Å². The highest BCUT2D eigenvalue weighted by Crippen LogP contribution is 2.37. The lowest BCUT2D eigenvalue weighted by Crippen LogP contribution is -2.12. The molecule has 1 amide bonds. The fraction of sp³-hybridized carbons (Fsp3) is 0.111. The topological polar surface area (TPSA) is 85.3 Å². The number of carbonyl (C=O) groups is 1. The molecule has 0 aliphatic carbocycles. The van der Waals surface area contributed by atoms with Crippen LogP contribution >= 0.6 is 15.9 Å². The smallest absolute Gasteiger partial charge is 0.259 e. The Labute approximate surface area is 152 Å². The molecule has 7 heteroatoms. The summed E-state index contributed by atoms with van der Waals surface area (Å²) in [5.74, 6) is -0.354. The molecule has 0 aliphatic heterocycles. The van der Waals surface area contributed by atoms with Crippen molar-refractivity contribution < 1.29 is 18.7 Å². The van der Waals surface area contributed by atoms with Crippen molar-refractivity contribution in [2.45, 2.75) is 6.61 Å². The second kappa shape index (κ2) is 8.31. The maximum atomic E-state index is 13.2. The van der Waals surface area contributed by atoms with Gasteiger partial charge in [-0.15, -0.1) is 0 Å². The van der Waals surface area contributed by atoms with Crippen molar-refractivity contribution in [3.8, 4) is 17.6 Å². The number of nitriles is 1. The van der Waals surface area contributed by atoms with E-state index in [0.717, 1.165) is 0 Å². The average molecular weight is 405 g/mol. The second-order valence-corrected chi connectivity index (χ2v) is 5.84. The zero-order valence-corrected chi connectivity index (χ0v) is 14.8. The van der Waals surface area contributed by atoms with E-state index in [-0.39, 0.29) is 18.0 Å². The molecule has 2 rings (SSSR count). The summed E-state index contributed by atoms with van der Waals surface area (Å²) in [5, 5.41) is 8.92. The van der Waals surface area contributed by atoms with E-state index in [0.29, 0.717) is 27.1 Å². The number of halogens is 2. The summed E-state index contributed by atoms with van der Waals surface area (Å²) < 4.78 is 24.8. The number of methoxy groups -OCH3 is 1. The van der Waals surface area contributed by atoms with Crippen molar-refractivity contribution in [3.63, 3.8) is 0 Å². The van der Waals surface area contributed by atoms with Crippen LogP contribution in [0.3, 0.4) is 0 Å². The van der Waals surface area contributed by atoms with Crippen molar-refractivity contribution in [2.24, 2.45) is 5.73 Å². The minimum Gasteiger partial charge on any atom is -0.493 e. The Balaban J connectivity index is 2.31.